The van der Waals surface area contributed by atoms with E-state index in [1.54, 1.807) is 11.3 Å². The quantitative estimate of drug-likeness (QED) is 0.388. The Bertz CT molecular complexity index is 541. The van der Waals surface area contributed by atoms with Gasteiger partial charge in [0, 0.05) is 31.6 Å². The molecule has 3 heterocycles. The van der Waals surface area contributed by atoms with E-state index in [-0.39, 0.29) is 24.0 Å². The summed E-state index contributed by atoms with van der Waals surface area (Å²) in [6.07, 6.45) is 5.07. The first-order chi connectivity index (χ1) is 11.8. The Morgan fingerprint density at radius 1 is 1.32 bits per heavy atom. The first kappa shape index (κ1) is 20.9. The third-order valence-corrected chi connectivity index (χ3v) is 5.97. The predicted molar refractivity (Wildman–Crippen MR) is 117 cm³/mol. The van der Waals surface area contributed by atoms with E-state index < -0.39 is 0 Å². The third kappa shape index (κ3) is 6.06. The van der Waals surface area contributed by atoms with Gasteiger partial charge in [-0.3, -0.25) is 0 Å². The van der Waals surface area contributed by atoms with Crippen LogP contribution in [0.25, 0.3) is 0 Å². The van der Waals surface area contributed by atoms with Crippen molar-refractivity contribution in [3.63, 3.8) is 0 Å². The number of guanidine groups is 1. The second kappa shape index (κ2) is 10.7. The van der Waals surface area contributed by atoms with Gasteiger partial charge >= 0.3 is 0 Å². The van der Waals surface area contributed by atoms with Crippen LogP contribution < -0.4 is 5.32 Å². The summed E-state index contributed by atoms with van der Waals surface area (Å²) in [6, 6.07) is 0. The smallest absolute Gasteiger partial charge is 0.194 e. The van der Waals surface area contributed by atoms with Crippen molar-refractivity contribution in [2.45, 2.75) is 46.1 Å². The minimum absolute atomic E-state index is 0. The Morgan fingerprint density at radius 2 is 2.12 bits per heavy atom. The summed E-state index contributed by atoms with van der Waals surface area (Å²) in [5.41, 5.74) is 1.10. The topological polar surface area (TPSA) is 43.8 Å². The highest BCUT2D eigenvalue weighted by Gasteiger charge is 2.27. The summed E-state index contributed by atoms with van der Waals surface area (Å²) < 4.78 is 0. The molecule has 1 N–H and O–H groups in total. The fourth-order valence-corrected chi connectivity index (χ4v) is 4.41. The molecular formula is C18H32IN5S. The van der Waals surface area contributed by atoms with Crippen LogP contribution >= 0.6 is 35.3 Å². The molecule has 0 aromatic carbocycles. The van der Waals surface area contributed by atoms with Crippen LogP contribution in [0.1, 0.15) is 43.8 Å². The van der Waals surface area contributed by atoms with Gasteiger partial charge in [-0.25, -0.2) is 9.98 Å². The highest BCUT2D eigenvalue weighted by Crippen LogP contribution is 2.20. The molecule has 2 aliphatic heterocycles. The van der Waals surface area contributed by atoms with Gasteiger partial charge in [0.25, 0.3) is 0 Å². The van der Waals surface area contributed by atoms with Gasteiger partial charge in [-0.1, -0.05) is 6.92 Å². The lowest BCUT2D eigenvalue weighted by Crippen LogP contribution is -2.40. The monoisotopic (exact) mass is 477 g/mol. The van der Waals surface area contributed by atoms with Crippen molar-refractivity contribution in [3.05, 3.63) is 16.1 Å². The summed E-state index contributed by atoms with van der Waals surface area (Å²) >= 11 is 1.75. The molecule has 3 rings (SSSR count). The van der Waals surface area contributed by atoms with Crippen LogP contribution in [0.2, 0.25) is 0 Å². The van der Waals surface area contributed by atoms with Gasteiger partial charge in [0.15, 0.2) is 5.96 Å². The number of aryl methyl sites for hydroxylation is 1. The number of aromatic nitrogens is 1. The van der Waals surface area contributed by atoms with E-state index in [2.05, 4.69) is 39.3 Å². The van der Waals surface area contributed by atoms with E-state index in [1.807, 2.05) is 0 Å². The summed E-state index contributed by atoms with van der Waals surface area (Å²) in [5, 5.41) is 6.82. The Balaban J connectivity index is 0.00000225. The Labute approximate surface area is 173 Å². The number of hydrogen-bond donors (Lipinski definition) is 1. The zero-order valence-corrected chi connectivity index (χ0v) is 18.7. The van der Waals surface area contributed by atoms with Crippen LogP contribution in [0.15, 0.2) is 10.4 Å². The minimum Gasteiger partial charge on any atom is -0.357 e. The van der Waals surface area contributed by atoms with Gasteiger partial charge < -0.3 is 15.1 Å². The molecule has 1 atom stereocenters. The van der Waals surface area contributed by atoms with Crippen molar-refractivity contribution in [2.75, 3.05) is 39.3 Å². The molecule has 0 aliphatic carbocycles. The zero-order chi connectivity index (χ0) is 16.8. The van der Waals surface area contributed by atoms with Crippen molar-refractivity contribution >= 4 is 41.3 Å². The molecule has 0 bridgehead atoms. The zero-order valence-electron chi connectivity index (χ0n) is 15.5. The van der Waals surface area contributed by atoms with E-state index in [9.17, 15) is 0 Å². The maximum Gasteiger partial charge on any atom is 0.194 e. The molecule has 0 amide bonds. The number of halogens is 1. The molecule has 0 saturated carbocycles. The molecule has 1 unspecified atom stereocenters. The molecule has 2 fully saturated rings. The van der Waals surface area contributed by atoms with Crippen molar-refractivity contribution in [1.29, 1.82) is 0 Å². The maximum absolute atomic E-state index is 4.84. The molecule has 142 valence electrons. The third-order valence-electron chi connectivity index (χ3n) is 4.93. The van der Waals surface area contributed by atoms with Gasteiger partial charge in [-0.15, -0.1) is 35.3 Å². The van der Waals surface area contributed by atoms with Gasteiger partial charge in [-0.05, 0) is 51.6 Å². The molecule has 5 nitrogen and oxygen atoms in total. The van der Waals surface area contributed by atoms with E-state index in [1.165, 1.54) is 43.9 Å². The van der Waals surface area contributed by atoms with Crippen molar-refractivity contribution < 1.29 is 0 Å². The Kier molecular flexibility index (Phi) is 8.92. The SMILES string of the molecule is CCNC(=NCc1csc(CC)n1)N1CCC(CN2CCCC2)C1.I. The van der Waals surface area contributed by atoms with Crippen LogP contribution in [0.5, 0.6) is 0 Å². The van der Waals surface area contributed by atoms with Crippen molar-refractivity contribution in [3.8, 4) is 0 Å². The molecule has 2 aliphatic rings. The molecule has 0 radical (unpaired) electrons. The van der Waals surface area contributed by atoms with Gasteiger partial charge in [0.2, 0.25) is 0 Å². The second-order valence-electron chi connectivity index (χ2n) is 6.86. The summed E-state index contributed by atoms with van der Waals surface area (Å²) in [6.45, 7) is 12.0. The highest BCUT2D eigenvalue weighted by molar-refractivity contribution is 14.0. The van der Waals surface area contributed by atoms with Crippen LogP contribution in [0.3, 0.4) is 0 Å². The second-order valence-corrected chi connectivity index (χ2v) is 7.81. The van der Waals surface area contributed by atoms with Crippen LogP contribution in [-0.4, -0.2) is 60.0 Å². The number of hydrogen-bond acceptors (Lipinski definition) is 4. The number of likely N-dealkylation sites (tertiary alicyclic amines) is 2. The number of rotatable bonds is 6. The van der Waals surface area contributed by atoms with Crippen LogP contribution in [-0.2, 0) is 13.0 Å². The van der Waals surface area contributed by atoms with Crippen molar-refractivity contribution in [1.82, 2.24) is 20.1 Å². The fraction of sp³-hybridized carbons (Fsp3) is 0.778. The molecular weight excluding hydrogens is 445 g/mol. The summed E-state index contributed by atoms with van der Waals surface area (Å²) in [5.74, 6) is 1.85. The van der Waals surface area contributed by atoms with Crippen LogP contribution in [0.4, 0.5) is 0 Å². The molecule has 7 heteroatoms. The standard InChI is InChI=1S/C18H31N5S.HI/c1-3-17-21-16(14-24-17)11-20-18(19-4-2)23-10-7-15(13-23)12-22-8-5-6-9-22;/h14-15H,3-13H2,1-2H3,(H,19,20);1H. The number of nitrogens with zero attached hydrogens (tertiary/aromatic N) is 4. The van der Waals surface area contributed by atoms with E-state index >= 15 is 0 Å². The van der Waals surface area contributed by atoms with E-state index in [4.69, 9.17) is 4.99 Å². The number of aliphatic imine (C=N–C) groups is 1. The average molecular weight is 477 g/mol. The van der Waals surface area contributed by atoms with E-state index in [0.717, 1.165) is 43.6 Å². The Morgan fingerprint density at radius 3 is 2.80 bits per heavy atom. The fourth-order valence-electron chi connectivity index (χ4n) is 3.67. The average Bonchev–Trinajstić information content (AvgIpc) is 3.33. The molecule has 1 aromatic rings. The lowest BCUT2D eigenvalue weighted by molar-refractivity contribution is 0.281. The first-order valence-electron chi connectivity index (χ1n) is 9.47. The number of nitrogens with one attached hydrogen (secondary N) is 1. The largest absolute Gasteiger partial charge is 0.357 e. The minimum atomic E-state index is 0. The van der Waals surface area contributed by atoms with Gasteiger partial charge in [-0.2, -0.15) is 0 Å². The lowest BCUT2D eigenvalue weighted by Gasteiger charge is -2.23. The first-order valence-corrected chi connectivity index (χ1v) is 10.3. The lowest BCUT2D eigenvalue weighted by atomic mass is 10.1. The maximum atomic E-state index is 4.84. The summed E-state index contributed by atoms with van der Waals surface area (Å²) in [7, 11) is 0. The number of thiazole rings is 1. The van der Waals surface area contributed by atoms with Crippen LogP contribution in [0, 0.1) is 5.92 Å². The molecule has 1 aromatic heterocycles. The molecule has 25 heavy (non-hydrogen) atoms. The molecule has 2 saturated heterocycles. The van der Waals surface area contributed by atoms with Crippen molar-refractivity contribution in [2.24, 2.45) is 10.9 Å². The predicted octanol–water partition coefficient (Wildman–Crippen LogP) is 3.21. The normalized spacial score (nSPS) is 21.6. The summed E-state index contributed by atoms with van der Waals surface area (Å²) in [4.78, 5) is 14.6. The van der Waals surface area contributed by atoms with E-state index in [0.29, 0.717) is 6.54 Å². The van der Waals surface area contributed by atoms with Gasteiger partial charge in [0.1, 0.15) is 0 Å². The molecule has 0 spiro atoms. The highest BCUT2D eigenvalue weighted by atomic mass is 127. The van der Waals surface area contributed by atoms with Gasteiger partial charge in [0.05, 0.1) is 17.2 Å². The Hall–Kier alpha value is -0.410.